The molecule has 10 heteroatoms. The van der Waals surface area contributed by atoms with Crippen molar-refractivity contribution in [2.24, 2.45) is 0 Å². The van der Waals surface area contributed by atoms with E-state index in [-0.39, 0.29) is 12.5 Å². The highest BCUT2D eigenvalue weighted by atomic mass is 16.6. The smallest absolute Gasteiger partial charge is 0.331 e. The maximum atomic E-state index is 13.4. The van der Waals surface area contributed by atoms with Crippen molar-refractivity contribution in [1.29, 1.82) is 0 Å². The molecular formula is C39H47N7O3. The molecule has 1 fully saturated rings. The van der Waals surface area contributed by atoms with Crippen molar-refractivity contribution < 1.29 is 14.3 Å². The first-order chi connectivity index (χ1) is 23.7. The first-order valence-corrected chi connectivity index (χ1v) is 17.4. The first-order valence-electron chi connectivity index (χ1n) is 17.4. The maximum Gasteiger partial charge on any atom is 0.331 e. The van der Waals surface area contributed by atoms with Gasteiger partial charge in [-0.2, -0.15) is 0 Å². The number of piperidine rings is 1. The number of rotatable bonds is 10. The maximum absolute atomic E-state index is 13.4. The minimum absolute atomic E-state index is 0.103. The Bertz CT molecular complexity index is 1750. The predicted molar refractivity (Wildman–Crippen MR) is 194 cm³/mol. The average molecular weight is 662 g/mol. The number of aryl methyl sites for hydroxylation is 1. The van der Waals surface area contributed by atoms with Crippen molar-refractivity contribution in [3.05, 3.63) is 95.4 Å². The van der Waals surface area contributed by atoms with Gasteiger partial charge in [0, 0.05) is 48.9 Å². The topological polar surface area (TPSA) is 121 Å². The Hall–Kier alpha value is -4.99. The van der Waals surface area contributed by atoms with Crippen LogP contribution in [0.15, 0.2) is 73.1 Å². The average Bonchev–Trinajstić information content (AvgIpc) is 3.12. The van der Waals surface area contributed by atoms with E-state index < -0.39 is 17.6 Å². The summed E-state index contributed by atoms with van der Waals surface area (Å²) in [5.74, 6) is 2.12. The van der Waals surface area contributed by atoms with Crippen LogP contribution in [-0.2, 0) is 22.4 Å². The summed E-state index contributed by atoms with van der Waals surface area (Å²) in [4.78, 5) is 43.3. The van der Waals surface area contributed by atoms with Gasteiger partial charge in [-0.15, -0.1) is 0 Å². The van der Waals surface area contributed by atoms with Crippen molar-refractivity contribution in [1.82, 2.24) is 20.3 Å². The minimum Gasteiger partial charge on any atom is -0.458 e. The molecule has 1 amide bonds. The number of amides is 1. The molecule has 0 spiro atoms. The third-order valence-corrected chi connectivity index (χ3v) is 9.13. The zero-order chi connectivity index (χ0) is 34.4. The number of aromatic nitrogens is 3. The van der Waals surface area contributed by atoms with Gasteiger partial charge >= 0.3 is 5.97 Å². The summed E-state index contributed by atoms with van der Waals surface area (Å²) < 4.78 is 5.71. The van der Waals surface area contributed by atoms with E-state index in [2.05, 4.69) is 44.9 Å². The molecule has 0 radical (unpaired) electrons. The summed E-state index contributed by atoms with van der Waals surface area (Å²) in [7, 11) is 0. The number of hydrogen-bond acceptors (Lipinski definition) is 9. The van der Waals surface area contributed by atoms with Gasteiger partial charge in [0.15, 0.2) is 0 Å². The van der Waals surface area contributed by atoms with Crippen molar-refractivity contribution in [2.45, 2.75) is 77.4 Å². The fourth-order valence-electron chi connectivity index (χ4n) is 6.56. The largest absolute Gasteiger partial charge is 0.458 e. The molecule has 1 atom stereocenters. The molecule has 4 aromatic rings. The van der Waals surface area contributed by atoms with Crippen LogP contribution in [0.4, 0.5) is 17.5 Å². The van der Waals surface area contributed by atoms with Gasteiger partial charge in [-0.3, -0.25) is 4.79 Å². The van der Waals surface area contributed by atoms with E-state index in [0.29, 0.717) is 23.7 Å². The number of fused-ring (bicyclic) bond motifs is 1. The molecule has 0 aliphatic carbocycles. The Morgan fingerprint density at radius 1 is 0.980 bits per heavy atom. The fourth-order valence-corrected chi connectivity index (χ4v) is 6.56. The summed E-state index contributed by atoms with van der Waals surface area (Å²) >= 11 is 0. The molecule has 0 bridgehead atoms. The number of carbonyl (C=O) groups excluding carboxylic acids is 2. The molecule has 10 nitrogen and oxygen atoms in total. The van der Waals surface area contributed by atoms with E-state index in [4.69, 9.17) is 14.7 Å². The quantitative estimate of drug-likeness (QED) is 0.166. The summed E-state index contributed by atoms with van der Waals surface area (Å²) in [5, 5.41) is 9.72. The van der Waals surface area contributed by atoms with Gasteiger partial charge in [0.2, 0.25) is 0 Å². The Morgan fingerprint density at radius 2 is 1.71 bits per heavy atom. The molecule has 0 unspecified atom stereocenters. The van der Waals surface area contributed by atoms with Gasteiger partial charge in [0.05, 0.1) is 0 Å². The van der Waals surface area contributed by atoms with Gasteiger partial charge in [0.1, 0.15) is 35.4 Å². The number of carbonyl (C=O) groups is 2. The minimum atomic E-state index is -0.946. The number of esters is 1. The highest BCUT2D eigenvalue weighted by Crippen LogP contribution is 2.33. The normalized spacial score (nSPS) is 15.5. The SMILES string of the molecule is CCc1c(NC[C@H](NC(=O)c2ccc(-c3ccccc3)cc2)C(=O)OC(C)(C)C)ncnc1N1CCC(c2ccc3c(n2)NCCC3)CC1. The van der Waals surface area contributed by atoms with Crippen LogP contribution in [0.5, 0.6) is 0 Å². The highest BCUT2D eigenvalue weighted by molar-refractivity contribution is 5.97. The van der Waals surface area contributed by atoms with Gasteiger partial charge in [-0.25, -0.2) is 19.7 Å². The molecule has 2 aromatic carbocycles. The van der Waals surface area contributed by atoms with Gasteiger partial charge < -0.3 is 25.6 Å². The van der Waals surface area contributed by atoms with Crippen LogP contribution >= 0.6 is 0 Å². The molecule has 2 aliphatic heterocycles. The summed E-state index contributed by atoms with van der Waals surface area (Å²) in [6.45, 7) is 10.3. The van der Waals surface area contributed by atoms with Crippen LogP contribution < -0.4 is 20.9 Å². The number of hydrogen-bond donors (Lipinski definition) is 3. The van der Waals surface area contributed by atoms with Gasteiger partial charge in [-0.1, -0.05) is 55.5 Å². The number of nitrogens with one attached hydrogen (secondary N) is 3. The number of nitrogens with zero attached hydrogens (tertiary/aromatic N) is 4. The monoisotopic (exact) mass is 661 g/mol. The van der Waals surface area contributed by atoms with Crippen molar-refractivity contribution in [2.75, 3.05) is 41.7 Å². The summed E-state index contributed by atoms with van der Waals surface area (Å²) in [6.07, 6.45) is 6.48. The van der Waals surface area contributed by atoms with Crippen LogP contribution in [0.2, 0.25) is 0 Å². The Balaban J connectivity index is 1.13. The number of benzene rings is 2. The number of pyridine rings is 1. The molecule has 3 N–H and O–H groups in total. The number of anilines is 3. The zero-order valence-corrected chi connectivity index (χ0v) is 29.0. The molecular weight excluding hydrogens is 614 g/mol. The molecule has 4 heterocycles. The van der Waals surface area contributed by atoms with E-state index in [1.54, 1.807) is 18.5 Å². The molecule has 2 aromatic heterocycles. The molecule has 0 saturated carbocycles. The Morgan fingerprint density at radius 3 is 2.43 bits per heavy atom. The van der Waals surface area contributed by atoms with E-state index in [1.165, 1.54) is 5.56 Å². The summed E-state index contributed by atoms with van der Waals surface area (Å²) in [5.41, 5.74) is 5.26. The van der Waals surface area contributed by atoms with Crippen LogP contribution in [-0.4, -0.2) is 64.7 Å². The van der Waals surface area contributed by atoms with Crippen LogP contribution in [0, 0.1) is 0 Å². The van der Waals surface area contributed by atoms with Crippen molar-refractivity contribution >= 4 is 29.3 Å². The van der Waals surface area contributed by atoms with E-state index >= 15 is 0 Å². The number of ether oxygens (including phenoxy) is 1. The Labute approximate surface area is 289 Å². The third kappa shape index (κ3) is 8.36. The predicted octanol–water partition coefficient (Wildman–Crippen LogP) is 6.40. The molecule has 6 rings (SSSR count). The molecule has 49 heavy (non-hydrogen) atoms. The summed E-state index contributed by atoms with van der Waals surface area (Å²) in [6, 6.07) is 20.8. The lowest BCUT2D eigenvalue weighted by atomic mass is 9.92. The van der Waals surface area contributed by atoms with E-state index in [1.807, 2.05) is 63.2 Å². The van der Waals surface area contributed by atoms with Crippen molar-refractivity contribution in [3.63, 3.8) is 0 Å². The Kier molecular flexibility index (Phi) is 10.4. The lowest BCUT2D eigenvalue weighted by molar-refractivity contribution is -0.156. The second-order valence-electron chi connectivity index (χ2n) is 13.8. The lowest BCUT2D eigenvalue weighted by Gasteiger charge is -2.34. The third-order valence-electron chi connectivity index (χ3n) is 9.13. The van der Waals surface area contributed by atoms with E-state index in [9.17, 15) is 9.59 Å². The van der Waals surface area contributed by atoms with Gasteiger partial charge in [-0.05, 0) is 87.8 Å². The van der Waals surface area contributed by atoms with Gasteiger partial charge in [0.25, 0.3) is 5.91 Å². The molecule has 2 aliphatic rings. The highest BCUT2D eigenvalue weighted by Gasteiger charge is 2.29. The van der Waals surface area contributed by atoms with Crippen LogP contribution in [0.25, 0.3) is 11.1 Å². The molecule has 256 valence electrons. The second-order valence-corrected chi connectivity index (χ2v) is 13.8. The van der Waals surface area contributed by atoms with E-state index in [0.717, 1.165) is 79.3 Å². The van der Waals surface area contributed by atoms with Crippen LogP contribution in [0.3, 0.4) is 0 Å². The second kappa shape index (κ2) is 15.1. The lowest BCUT2D eigenvalue weighted by Crippen LogP contribution is -2.48. The van der Waals surface area contributed by atoms with Crippen molar-refractivity contribution in [3.8, 4) is 11.1 Å². The standard InChI is InChI=1S/C39H47N7O3/c1-5-31-35(42-25-43-36(31)46-22-19-28(20-23-46)32-18-17-29-12-9-21-40-34(29)44-32)41-24-33(38(48)49-39(2,3)4)45-37(47)30-15-13-27(14-16-30)26-10-7-6-8-11-26/h6-8,10-11,13-18,25,28,33H,5,9,12,19-24H2,1-4H3,(H,40,44)(H,45,47)(H,41,42,43)/t33-/m0/s1. The van der Waals surface area contributed by atoms with Crippen LogP contribution in [0.1, 0.15) is 80.1 Å². The fraction of sp³-hybridized carbons (Fsp3) is 0.410. The molecule has 1 saturated heterocycles. The first kappa shape index (κ1) is 33.9. The zero-order valence-electron chi connectivity index (χ0n) is 29.0.